The van der Waals surface area contributed by atoms with Gasteiger partial charge in [0.2, 0.25) is 0 Å². The minimum atomic E-state index is 0.768. The van der Waals surface area contributed by atoms with E-state index in [2.05, 4.69) is 33.1 Å². The first-order valence-corrected chi connectivity index (χ1v) is 7.96. The Morgan fingerprint density at radius 2 is 1.95 bits per heavy atom. The molecule has 1 N–H and O–H groups in total. The number of fused-ring (bicyclic) bond motifs is 1. The van der Waals surface area contributed by atoms with Gasteiger partial charge in [-0.15, -0.1) is 0 Å². The summed E-state index contributed by atoms with van der Waals surface area (Å²) in [5, 5.41) is 5.29. The summed E-state index contributed by atoms with van der Waals surface area (Å²) in [6.07, 6.45) is 0. The molecule has 5 heteroatoms. The Hall–Kier alpha value is -0.840. The number of aryl methyl sites for hydroxylation is 2. The van der Waals surface area contributed by atoms with Gasteiger partial charge in [0, 0.05) is 36.6 Å². The van der Waals surface area contributed by atoms with E-state index in [0.29, 0.717) is 0 Å². The highest BCUT2D eigenvalue weighted by atomic mass is 79.9. The number of pyridine rings is 1. The van der Waals surface area contributed by atoms with E-state index >= 15 is 0 Å². The van der Waals surface area contributed by atoms with Gasteiger partial charge in [-0.05, 0) is 47.5 Å². The number of hydrogen-bond acceptors (Lipinski definition) is 3. The molecule has 3 rings (SSSR count). The summed E-state index contributed by atoms with van der Waals surface area (Å²) in [7, 11) is 0. The molecular weight excluding hydrogens is 338 g/mol. The molecule has 1 aliphatic heterocycles. The van der Waals surface area contributed by atoms with Gasteiger partial charge in [-0.25, -0.2) is 0 Å². The second-order valence-electron chi connectivity index (χ2n) is 5.22. The van der Waals surface area contributed by atoms with Crippen molar-refractivity contribution >= 4 is 44.1 Å². The topological polar surface area (TPSA) is 28.2 Å². The third-order valence-corrected chi connectivity index (χ3v) is 4.93. The van der Waals surface area contributed by atoms with Crippen LogP contribution in [0.3, 0.4) is 0 Å². The highest BCUT2D eigenvalue weighted by molar-refractivity contribution is 9.10. The van der Waals surface area contributed by atoms with Crippen molar-refractivity contribution in [3.8, 4) is 0 Å². The van der Waals surface area contributed by atoms with Gasteiger partial charge in [0.15, 0.2) is 0 Å². The van der Waals surface area contributed by atoms with Crippen molar-refractivity contribution in [2.45, 2.75) is 13.8 Å². The van der Waals surface area contributed by atoms with Crippen LogP contribution in [-0.2, 0) is 0 Å². The molecule has 1 fully saturated rings. The molecule has 0 spiro atoms. The van der Waals surface area contributed by atoms with Gasteiger partial charge in [0.25, 0.3) is 0 Å². The Labute approximate surface area is 132 Å². The molecule has 1 aliphatic rings. The Bertz CT molecular complexity index is 666. The Morgan fingerprint density at radius 1 is 1.25 bits per heavy atom. The fourth-order valence-corrected chi connectivity index (χ4v) is 3.59. The lowest BCUT2D eigenvalue weighted by Crippen LogP contribution is -2.43. The van der Waals surface area contributed by atoms with Gasteiger partial charge in [-0.2, -0.15) is 0 Å². The summed E-state index contributed by atoms with van der Waals surface area (Å²) < 4.78 is 1.08. The molecule has 2 aromatic rings. The van der Waals surface area contributed by atoms with Crippen molar-refractivity contribution < 1.29 is 0 Å². The first kappa shape index (κ1) is 14.1. The summed E-state index contributed by atoms with van der Waals surface area (Å²) in [4.78, 5) is 7.13. The summed E-state index contributed by atoms with van der Waals surface area (Å²) in [6.45, 7) is 8.13. The molecule has 2 heterocycles. The van der Waals surface area contributed by atoms with Gasteiger partial charge < -0.3 is 10.2 Å². The first-order chi connectivity index (χ1) is 9.58. The van der Waals surface area contributed by atoms with Gasteiger partial charge in [-0.3, -0.25) is 4.98 Å². The van der Waals surface area contributed by atoms with E-state index in [1.165, 1.54) is 5.69 Å². The van der Waals surface area contributed by atoms with E-state index < -0.39 is 0 Å². The maximum Gasteiger partial charge on any atom is 0.0757 e. The highest BCUT2D eigenvalue weighted by Crippen LogP contribution is 2.38. The molecule has 0 saturated carbocycles. The minimum absolute atomic E-state index is 0.768. The quantitative estimate of drug-likeness (QED) is 0.847. The van der Waals surface area contributed by atoms with Crippen LogP contribution >= 0.6 is 27.5 Å². The maximum absolute atomic E-state index is 6.25. The molecule has 1 aromatic heterocycles. The number of benzene rings is 1. The van der Waals surface area contributed by atoms with Crippen molar-refractivity contribution in [1.29, 1.82) is 0 Å². The van der Waals surface area contributed by atoms with Crippen LogP contribution in [0.2, 0.25) is 5.02 Å². The summed E-state index contributed by atoms with van der Waals surface area (Å²) in [5.41, 5.74) is 4.42. The molecule has 1 aromatic carbocycles. The molecule has 0 aliphatic carbocycles. The van der Waals surface area contributed by atoms with Crippen molar-refractivity contribution in [2.24, 2.45) is 0 Å². The fraction of sp³-hybridized carbons (Fsp3) is 0.400. The number of halogens is 2. The number of rotatable bonds is 1. The molecule has 1 saturated heterocycles. The number of piperazine rings is 1. The predicted octanol–water partition coefficient (Wildman–Crippen LogP) is 3.68. The Balaban J connectivity index is 2.29. The standard InChI is InChI=1S/C15H17BrClN3/c1-9-7-11(17)8-12-14(9)19-10(2)13(16)15(12)20-5-3-18-4-6-20/h7-8,18H,3-6H2,1-2H3. The van der Waals surface area contributed by atoms with E-state index in [0.717, 1.165) is 57.8 Å². The maximum atomic E-state index is 6.25. The van der Waals surface area contributed by atoms with Crippen LogP contribution in [0.25, 0.3) is 10.9 Å². The molecule has 106 valence electrons. The van der Waals surface area contributed by atoms with Crippen molar-refractivity contribution in [2.75, 3.05) is 31.1 Å². The van der Waals surface area contributed by atoms with Gasteiger partial charge >= 0.3 is 0 Å². The molecule has 0 amide bonds. The van der Waals surface area contributed by atoms with Crippen LogP contribution in [0.15, 0.2) is 16.6 Å². The largest absolute Gasteiger partial charge is 0.367 e. The van der Waals surface area contributed by atoms with E-state index in [4.69, 9.17) is 16.6 Å². The molecule has 3 nitrogen and oxygen atoms in total. The molecule has 0 unspecified atom stereocenters. The molecular formula is C15H17BrClN3. The number of hydrogen-bond donors (Lipinski definition) is 1. The SMILES string of the molecule is Cc1nc2c(C)cc(Cl)cc2c(N2CCNCC2)c1Br. The minimum Gasteiger partial charge on any atom is -0.367 e. The van der Waals surface area contributed by atoms with Crippen molar-refractivity contribution in [3.63, 3.8) is 0 Å². The molecule has 20 heavy (non-hydrogen) atoms. The van der Waals surface area contributed by atoms with Crippen molar-refractivity contribution in [3.05, 3.63) is 32.9 Å². The number of anilines is 1. The Morgan fingerprint density at radius 3 is 2.65 bits per heavy atom. The van der Waals surface area contributed by atoms with E-state index in [1.807, 2.05) is 19.1 Å². The molecule has 0 atom stereocenters. The summed E-state index contributed by atoms with van der Waals surface area (Å²) >= 11 is 9.97. The summed E-state index contributed by atoms with van der Waals surface area (Å²) in [5.74, 6) is 0. The number of nitrogens with zero attached hydrogens (tertiary/aromatic N) is 2. The fourth-order valence-electron chi connectivity index (χ4n) is 2.77. The number of nitrogens with one attached hydrogen (secondary N) is 1. The third kappa shape index (κ3) is 2.41. The zero-order valence-electron chi connectivity index (χ0n) is 11.6. The highest BCUT2D eigenvalue weighted by Gasteiger charge is 2.19. The monoisotopic (exact) mass is 353 g/mol. The van der Waals surface area contributed by atoms with Crippen LogP contribution in [0.5, 0.6) is 0 Å². The Kier molecular flexibility index (Phi) is 3.89. The first-order valence-electron chi connectivity index (χ1n) is 6.79. The van der Waals surface area contributed by atoms with Gasteiger partial charge in [0.05, 0.1) is 21.4 Å². The normalized spacial score (nSPS) is 15.9. The lowest BCUT2D eigenvalue weighted by molar-refractivity contribution is 0.589. The lowest BCUT2D eigenvalue weighted by atomic mass is 10.1. The third-order valence-electron chi connectivity index (χ3n) is 3.76. The van der Waals surface area contributed by atoms with Gasteiger partial charge in [-0.1, -0.05) is 11.6 Å². The summed E-state index contributed by atoms with van der Waals surface area (Å²) in [6, 6.07) is 4.00. The predicted molar refractivity (Wildman–Crippen MR) is 89.0 cm³/mol. The average molecular weight is 355 g/mol. The van der Waals surface area contributed by atoms with Crippen LogP contribution in [0.1, 0.15) is 11.3 Å². The number of aromatic nitrogens is 1. The second kappa shape index (κ2) is 5.51. The smallest absolute Gasteiger partial charge is 0.0757 e. The van der Waals surface area contributed by atoms with Crippen LogP contribution in [0, 0.1) is 13.8 Å². The molecule has 0 bridgehead atoms. The lowest BCUT2D eigenvalue weighted by Gasteiger charge is -2.31. The average Bonchev–Trinajstić information content (AvgIpc) is 2.42. The molecule has 0 radical (unpaired) electrons. The zero-order valence-corrected chi connectivity index (χ0v) is 14.0. The zero-order chi connectivity index (χ0) is 14.3. The van der Waals surface area contributed by atoms with E-state index in [1.54, 1.807) is 0 Å². The van der Waals surface area contributed by atoms with Crippen LogP contribution < -0.4 is 10.2 Å². The second-order valence-corrected chi connectivity index (χ2v) is 6.45. The van der Waals surface area contributed by atoms with E-state index in [-0.39, 0.29) is 0 Å². The van der Waals surface area contributed by atoms with E-state index in [9.17, 15) is 0 Å². The van der Waals surface area contributed by atoms with Gasteiger partial charge in [0.1, 0.15) is 0 Å². The van der Waals surface area contributed by atoms with Crippen LogP contribution in [0.4, 0.5) is 5.69 Å². The van der Waals surface area contributed by atoms with Crippen LogP contribution in [-0.4, -0.2) is 31.2 Å². The van der Waals surface area contributed by atoms with Crippen molar-refractivity contribution in [1.82, 2.24) is 10.3 Å².